The Bertz CT molecular complexity index is 490. The predicted molar refractivity (Wildman–Crippen MR) is 61.3 cm³/mol. The zero-order valence-electron chi connectivity index (χ0n) is 8.82. The minimum atomic E-state index is -4.68. The third-order valence-corrected chi connectivity index (χ3v) is 2.76. The van der Waals surface area contributed by atoms with Crippen LogP contribution in [0.5, 0.6) is 0 Å². The molecule has 5 nitrogen and oxygen atoms in total. The summed E-state index contributed by atoms with van der Waals surface area (Å²) in [7, 11) is 0. The number of nitro groups is 1. The van der Waals surface area contributed by atoms with E-state index in [1.807, 2.05) is 0 Å². The van der Waals surface area contributed by atoms with Crippen molar-refractivity contribution in [1.82, 2.24) is 0 Å². The molecule has 98 valence electrons. The molecule has 0 saturated carbocycles. The first-order valence-electron chi connectivity index (χ1n) is 4.53. The van der Waals surface area contributed by atoms with E-state index in [0.29, 0.717) is 6.07 Å². The number of nitrogens with two attached hydrogens (primary N) is 1. The third-order valence-electron chi connectivity index (χ3n) is 1.99. The van der Waals surface area contributed by atoms with Gasteiger partial charge in [-0.1, -0.05) is 17.8 Å². The lowest BCUT2D eigenvalue weighted by molar-refractivity contribution is -0.385. The van der Waals surface area contributed by atoms with Gasteiger partial charge in [0, 0.05) is 17.9 Å². The lowest BCUT2D eigenvalue weighted by Gasteiger charge is -2.11. The monoisotopic (exact) mass is 279 g/mol. The van der Waals surface area contributed by atoms with Crippen molar-refractivity contribution in [3.05, 3.63) is 39.4 Å². The summed E-state index contributed by atoms with van der Waals surface area (Å²) in [6.45, 7) is 0. The van der Waals surface area contributed by atoms with Gasteiger partial charge in [0.25, 0.3) is 5.69 Å². The van der Waals surface area contributed by atoms with E-state index in [4.69, 9.17) is 11.1 Å². The molecule has 0 spiro atoms. The first-order valence-corrected chi connectivity index (χ1v) is 5.51. The molecule has 0 aliphatic rings. The van der Waals surface area contributed by atoms with Crippen LogP contribution in [0.25, 0.3) is 0 Å². The number of amidine groups is 1. The molecule has 1 aromatic rings. The van der Waals surface area contributed by atoms with Gasteiger partial charge in [-0.2, -0.15) is 13.2 Å². The molecule has 3 N–H and O–H groups in total. The number of hydrogen-bond donors (Lipinski definition) is 2. The highest BCUT2D eigenvalue weighted by Gasteiger charge is 2.34. The molecule has 0 radical (unpaired) electrons. The smallest absolute Gasteiger partial charge is 0.379 e. The molecular weight excluding hydrogens is 271 g/mol. The van der Waals surface area contributed by atoms with Gasteiger partial charge in [0.05, 0.1) is 10.5 Å². The number of nitro benzene ring substituents is 1. The molecule has 0 aliphatic heterocycles. The Labute approximate surface area is 104 Å². The van der Waals surface area contributed by atoms with Gasteiger partial charge in [0.1, 0.15) is 0 Å². The standard InChI is InChI=1S/C9H8F3N3O2S/c10-9(11,12)7-3-6(15(16)17)2-1-5(7)4-18-8(13)14/h1-3H,4H2,(H3,13,14). The quantitative estimate of drug-likeness (QED) is 0.385. The number of rotatable bonds is 3. The summed E-state index contributed by atoms with van der Waals surface area (Å²) in [5.74, 6) is -0.165. The molecule has 0 heterocycles. The number of thioether (sulfide) groups is 1. The predicted octanol–water partition coefficient (Wildman–Crippen LogP) is 2.74. The van der Waals surface area contributed by atoms with E-state index in [-0.39, 0.29) is 16.5 Å². The van der Waals surface area contributed by atoms with Gasteiger partial charge in [0.15, 0.2) is 5.17 Å². The molecule has 18 heavy (non-hydrogen) atoms. The number of hydrogen-bond acceptors (Lipinski definition) is 4. The fraction of sp³-hybridized carbons (Fsp3) is 0.222. The highest BCUT2D eigenvalue weighted by molar-refractivity contribution is 8.13. The Kier molecular flexibility index (Phi) is 4.17. The summed E-state index contributed by atoms with van der Waals surface area (Å²) in [6.07, 6.45) is -4.68. The second-order valence-corrected chi connectivity index (χ2v) is 4.27. The Morgan fingerprint density at radius 2 is 2.11 bits per heavy atom. The van der Waals surface area contributed by atoms with Crippen molar-refractivity contribution in [1.29, 1.82) is 5.41 Å². The number of alkyl halides is 3. The van der Waals surface area contributed by atoms with E-state index in [1.165, 1.54) is 0 Å². The van der Waals surface area contributed by atoms with Crippen LogP contribution in [0.3, 0.4) is 0 Å². The first-order chi connectivity index (χ1) is 8.21. The van der Waals surface area contributed by atoms with E-state index in [9.17, 15) is 23.3 Å². The normalized spacial score (nSPS) is 11.3. The Morgan fingerprint density at radius 1 is 1.50 bits per heavy atom. The van der Waals surface area contributed by atoms with Crippen molar-refractivity contribution < 1.29 is 18.1 Å². The van der Waals surface area contributed by atoms with Gasteiger partial charge in [-0.15, -0.1) is 0 Å². The molecule has 0 aliphatic carbocycles. The summed E-state index contributed by atoms with van der Waals surface area (Å²) in [6, 6.07) is 2.50. The largest absolute Gasteiger partial charge is 0.416 e. The van der Waals surface area contributed by atoms with Crippen molar-refractivity contribution in [2.75, 3.05) is 0 Å². The summed E-state index contributed by atoms with van der Waals surface area (Å²) >= 11 is 0.720. The van der Waals surface area contributed by atoms with Gasteiger partial charge in [0.2, 0.25) is 0 Å². The van der Waals surface area contributed by atoms with E-state index in [1.54, 1.807) is 0 Å². The minimum absolute atomic E-state index is 0.145. The number of nitrogens with one attached hydrogen (secondary N) is 1. The van der Waals surface area contributed by atoms with Crippen LogP contribution in [0.15, 0.2) is 18.2 Å². The SMILES string of the molecule is N=C(N)SCc1ccc([N+](=O)[O-])cc1C(F)(F)F. The third kappa shape index (κ3) is 3.62. The molecule has 0 unspecified atom stereocenters. The van der Waals surface area contributed by atoms with Crippen LogP contribution in [0, 0.1) is 15.5 Å². The van der Waals surface area contributed by atoms with Crippen LogP contribution < -0.4 is 5.73 Å². The van der Waals surface area contributed by atoms with Crippen molar-refractivity contribution in [3.63, 3.8) is 0 Å². The average molecular weight is 279 g/mol. The summed E-state index contributed by atoms with van der Waals surface area (Å²) in [5, 5.41) is 17.1. The molecule has 1 aromatic carbocycles. The Hall–Kier alpha value is -1.77. The van der Waals surface area contributed by atoms with Crippen LogP contribution in [-0.2, 0) is 11.9 Å². The molecule has 9 heteroatoms. The first kappa shape index (κ1) is 14.3. The molecule has 0 amide bonds. The maximum absolute atomic E-state index is 12.7. The molecule has 0 atom stereocenters. The summed E-state index contributed by atoms with van der Waals surface area (Å²) < 4.78 is 38.1. The fourth-order valence-corrected chi connectivity index (χ4v) is 1.79. The second-order valence-electron chi connectivity index (χ2n) is 3.25. The van der Waals surface area contributed by atoms with Gasteiger partial charge in [-0.25, -0.2) is 0 Å². The van der Waals surface area contributed by atoms with Gasteiger partial charge in [-0.05, 0) is 5.56 Å². The second kappa shape index (κ2) is 5.25. The van der Waals surface area contributed by atoms with Crippen molar-refractivity contribution in [2.45, 2.75) is 11.9 Å². The zero-order chi connectivity index (χ0) is 13.9. The maximum Gasteiger partial charge on any atom is 0.416 e. The molecule has 0 bridgehead atoms. The van der Waals surface area contributed by atoms with Crippen molar-refractivity contribution >= 4 is 22.6 Å². The highest BCUT2D eigenvalue weighted by atomic mass is 32.2. The molecule has 0 fully saturated rings. The molecule has 0 aromatic heterocycles. The van der Waals surface area contributed by atoms with Crippen LogP contribution in [-0.4, -0.2) is 10.1 Å². The van der Waals surface area contributed by atoms with E-state index < -0.39 is 22.4 Å². The van der Waals surface area contributed by atoms with Gasteiger partial charge in [-0.3, -0.25) is 15.5 Å². The van der Waals surface area contributed by atoms with Crippen LogP contribution >= 0.6 is 11.8 Å². The molecule has 0 saturated heterocycles. The summed E-state index contributed by atoms with van der Waals surface area (Å²) in [4.78, 5) is 9.54. The van der Waals surface area contributed by atoms with Crippen molar-refractivity contribution in [3.8, 4) is 0 Å². The number of benzene rings is 1. The van der Waals surface area contributed by atoms with E-state index >= 15 is 0 Å². The number of non-ortho nitro benzene ring substituents is 1. The Morgan fingerprint density at radius 3 is 2.56 bits per heavy atom. The minimum Gasteiger partial charge on any atom is -0.379 e. The molecule has 1 rings (SSSR count). The lowest BCUT2D eigenvalue weighted by atomic mass is 10.1. The highest BCUT2D eigenvalue weighted by Crippen LogP contribution is 2.35. The zero-order valence-corrected chi connectivity index (χ0v) is 9.64. The van der Waals surface area contributed by atoms with Crippen LogP contribution in [0.2, 0.25) is 0 Å². The van der Waals surface area contributed by atoms with Crippen molar-refractivity contribution in [2.24, 2.45) is 5.73 Å². The maximum atomic E-state index is 12.7. The van der Waals surface area contributed by atoms with Gasteiger partial charge < -0.3 is 5.73 Å². The van der Waals surface area contributed by atoms with E-state index in [0.717, 1.165) is 23.9 Å². The Balaban J connectivity index is 3.17. The van der Waals surface area contributed by atoms with Crippen LogP contribution in [0.4, 0.5) is 18.9 Å². The molecular formula is C9H8F3N3O2S. The van der Waals surface area contributed by atoms with E-state index in [2.05, 4.69) is 0 Å². The topological polar surface area (TPSA) is 93.0 Å². The summed E-state index contributed by atoms with van der Waals surface area (Å²) in [5.41, 5.74) is 3.18. The lowest BCUT2D eigenvalue weighted by Crippen LogP contribution is -2.11. The number of nitrogens with zero attached hydrogens (tertiary/aromatic N) is 1. The fourth-order valence-electron chi connectivity index (χ4n) is 1.22. The average Bonchev–Trinajstić information content (AvgIpc) is 2.24. The van der Waals surface area contributed by atoms with Crippen LogP contribution in [0.1, 0.15) is 11.1 Å². The number of halogens is 3. The van der Waals surface area contributed by atoms with Gasteiger partial charge >= 0.3 is 6.18 Å².